The molecular formula is C9H13N5O3S2. The first-order chi connectivity index (χ1) is 8.84. The molecule has 0 radical (unpaired) electrons. The number of rotatable bonds is 6. The second-order valence-electron chi connectivity index (χ2n) is 3.40. The standard InChI is InChI=1S/C9H13N5O3S2/c10-8(18)7-6(2-1-3-12-7)19(16,17)14-5-4-13-9(11)15/h1-3,14H,4-5H2,(H2,10,18)(H3,11,13,15). The van der Waals surface area contributed by atoms with Crippen molar-refractivity contribution in [2.75, 3.05) is 13.1 Å². The van der Waals surface area contributed by atoms with Gasteiger partial charge in [0, 0.05) is 19.3 Å². The summed E-state index contributed by atoms with van der Waals surface area (Å²) < 4.78 is 26.3. The number of sulfonamides is 1. The highest BCUT2D eigenvalue weighted by atomic mass is 32.2. The van der Waals surface area contributed by atoms with Crippen LogP contribution in [0.5, 0.6) is 0 Å². The molecule has 104 valence electrons. The molecule has 0 unspecified atom stereocenters. The second kappa shape index (κ2) is 6.41. The lowest BCUT2D eigenvalue weighted by Gasteiger charge is -2.09. The van der Waals surface area contributed by atoms with Gasteiger partial charge in [0.2, 0.25) is 10.0 Å². The van der Waals surface area contributed by atoms with Gasteiger partial charge >= 0.3 is 6.03 Å². The van der Waals surface area contributed by atoms with Gasteiger partial charge in [0.05, 0.1) is 0 Å². The van der Waals surface area contributed by atoms with Crippen LogP contribution in [0, 0.1) is 0 Å². The molecule has 0 atom stereocenters. The average molecular weight is 303 g/mol. The minimum absolute atomic E-state index is 0.0169. The fraction of sp³-hybridized carbons (Fsp3) is 0.222. The first-order valence-electron chi connectivity index (χ1n) is 5.12. The number of thiocarbonyl (C=S) groups is 1. The number of nitrogens with two attached hydrogens (primary N) is 2. The fourth-order valence-corrected chi connectivity index (χ4v) is 2.67. The molecule has 2 amide bonds. The summed E-state index contributed by atoms with van der Waals surface area (Å²) in [6.07, 6.45) is 1.39. The minimum Gasteiger partial charge on any atom is -0.388 e. The van der Waals surface area contributed by atoms with Crippen molar-refractivity contribution in [3.63, 3.8) is 0 Å². The summed E-state index contributed by atoms with van der Waals surface area (Å²) in [5.41, 5.74) is 10.3. The normalized spacial score (nSPS) is 10.9. The van der Waals surface area contributed by atoms with Gasteiger partial charge in [-0.1, -0.05) is 12.2 Å². The number of pyridine rings is 1. The van der Waals surface area contributed by atoms with Crippen molar-refractivity contribution >= 4 is 33.3 Å². The van der Waals surface area contributed by atoms with Gasteiger partial charge in [-0.2, -0.15) is 0 Å². The van der Waals surface area contributed by atoms with E-state index in [-0.39, 0.29) is 28.7 Å². The number of aromatic nitrogens is 1. The Balaban J connectivity index is 2.83. The third kappa shape index (κ3) is 4.43. The van der Waals surface area contributed by atoms with Gasteiger partial charge in [0.1, 0.15) is 15.6 Å². The van der Waals surface area contributed by atoms with Gasteiger partial charge in [-0.25, -0.2) is 17.9 Å². The zero-order valence-corrected chi connectivity index (χ0v) is 11.4. The Morgan fingerprint density at radius 1 is 1.37 bits per heavy atom. The average Bonchev–Trinajstić information content (AvgIpc) is 2.34. The molecule has 8 nitrogen and oxygen atoms in total. The topological polar surface area (TPSA) is 140 Å². The van der Waals surface area contributed by atoms with Crippen molar-refractivity contribution in [3.05, 3.63) is 24.0 Å². The molecular weight excluding hydrogens is 290 g/mol. The van der Waals surface area contributed by atoms with Crippen molar-refractivity contribution in [2.24, 2.45) is 11.5 Å². The molecule has 0 aliphatic rings. The van der Waals surface area contributed by atoms with E-state index in [1.54, 1.807) is 0 Å². The van der Waals surface area contributed by atoms with Crippen LogP contribution >= 0.6 is 12.2 Å². The lowest BCUT2D eigenvalue weighted by atomic mass is 10.3. The third-order valence-electron chi connectivity index (χ3n) is 2.01. The Kier molecular flexibility index (Phi) is 5.15. The molecule has 0 aliphatic carbocycles. The first-order valence-corrected chi connectivity index (χ1v) is 7.01. The number of hydrogen-bond donors (Lipinski definition) is 4. The van der Waals surface area contributed by atoms with Crippen LogP contribution in [0.15, 0.2) is 23.2 Å². The van der Waals surface area contributed by atoms with Crippen LogP contribution in [0.25, 0.3) is 0 Å². The molecule has 0 spiro atoms. The Labute approximate surface area is 115 Å². The molecule has 1 aromatic rings. The van der Waals surface area contributed by atoms with E-state index in [0.29, 0.717) is 0 Å². The zero-order valence-electron chi connectivity index (χ0n) is 9.79. The number of amides is 2. The van der Waals surface area contributed by atoms with Gasteiger partial charge < -0.3 is 16.8 Å². The summed E-state index contributed by atoms with van der Waals surface area (Å²) in [6, 6.07) is 2.06. The molecule has 0 saturated carbocycles. The van der Waals surface area contributed by atoms with E-state index in [2.05, 4.69) is 15.0 Å². The Morgan fingerprint density at radius 3 is 2.63 bits per heavy atom. The van der Waals surface area contributed by atoms with Gasteiger partial charge in [0.15, 0.2) is 0 Å². The molecule has 0 bridgehead atoms. The summed E-state index contributed by atoms with van der Waals surface area (Å²) in [7, 11) is -3.81. The quantitative estimate of drug-likeness (QED) is 0.379. The Bertz CT molecular complexity index is 587. The molecule has 10 heteroatoms. The van der Waals surface area contributed by atoms with Crippen molar-refractivity contribution in [1.29, 1.82) is 0 Å². The number of nitrogens with zero attached hydrogens (tertiary/aromatic N) is 1. The van der Waals surface area contributed by atoms with Crippen LogP contribution in [-0.4, -0.2) is 37.5 Å². The van der Waals surface area contributed by atoms with Crippen molar-refractivity contribution in [2.45, 2.75) is 4.90 Å². The Hall–Kier alpha value is -1.78. The second-order valence-corrected chi connectivity index (χ2v) is 5.58. The SMILES string of the molecule is NC(=O)NCCNS(=O)(=O)c1cccnc1C(N)=S. The number of hydrogen-bond acceptors (Lipinski definition) is 5. The van der Waals surface area contributed by atoms with Gasteiger partial charge in [-0.15, -0.1) is 0 Å². The van der Waals surface area contributed by atoms with Crippen LogP contribution < -0.4 is 21.5 Å². The van der Waals surface area contributed by atoms with E-state index in [1.165, 1.54) is 18.3 Å². The van der Waals surface area contributed by atoms with Gasteiger partial charge in [0.25, 0.3) is 0 Å². The largest absolute Gasteiger partial charge is 0.388 e. The highest BCUT2D eigenvalue weighted by molar-refractivity contribution is 7.89. The summed E-state index contributed by atoms with van der Waals surface area (Å²) in [6.45, 7) is 0.0498. The van der Waals surface area contributed by atoms with Gasteiger partial charge in [-0.05, 0) is 12.1 Å². The first kappa shape index (κ1) is 15.3. The molecule has 0 aliphatic heterocycles. The monoisotopic (exact) mass is 303 g/mol. The minimum atomic E-state index is -3.81. The highest BCUT2D eigenvalue weighted by Crippen LogP contribution is 2.12. The van der Waals surface area contributed by atoms with E-state index < -0.39 is 16.1 Å². The zero-order chi connectivity index (χ0) is 14.5. The smallest absolute Gasteiger partial charge is 0.312 e. The molecule has 1 aromatic heterocycles. The Morgan fingerprint density at radius 2 is 2.05 bits per heavy atom. The van der Waals surface area contributed by atoms with Crippen molar-refractivity contribution in [3.8, 4) is 0 Å². The number of carbonyl (C=O) groups excluding carboxylic acids is 1. The van der Waals surface area contributed by atoms with Crippen molar-refractivity contribution < 1.29 is 13.2 Å². The molecule has 1 rings (SSSR count). The lowest BCUT2D eigenvalue weighted by Crippen LogP contribution is -2.37. The van der Waals surface area contributed by atoms with Crippen LogP contribution in [0.2, 0.25) is 0 Å². The van der Waals surface area contributed by atoms with E-state index in [9.17, 15) is 13.2 Å². The number of nitrogens with one attached hydrogen (secondary N) is 2. The van der Waals surface area contributed by atoms with Crippen LogP contribution in [-0.2, 0) is 10.0 Å². The van der Waals surface area contributed by atoms with Crippen LogP contribution in [0.4, 0.5) is 4.79 Å². The maximum atomic E-state index is 12.0. The van der Waals surface area contributed by atoms with Crippen LogP contribution in [0.3, 0.4) is 0 Å². The summed E-state index contributed by atoms with van der Waals surface area (Å²) in [4.78, 5) is 14.0. The van der Waals surface area contributed by atoms with Gasteiger partial charge in [-0.3, -0.25) is 4.98 Å². The van der Waals surface area contributed by atoms with E-state index in [1.807, 2.05) is 0 Å². The van der Waals surface area contributed by atoms with E-state index >= 15 is 0 Å². The predicted octanol–water partition coefficient (Wildman–Crippen LogP) is -1.34. The number of urea groups is 1. The fourth-order valence-electron chi connectivity index (χ4n) is 1.24. The molecule has 6 N–H and O–H groups in total. The maximum absolute atomic E-state index is 12.0. The molecule has 19 heavy (non-hydrogen) atoms. The number of carbonyl (C=O) groups is 1. The number of primary amides is 1. The maximum Gasteiger partial charge on any atom is 0.312 e. The highest BCUT2D eigenvalue weighted by Gasteiger charge is 2.19. The lowest BCUT2D eigenvalue weighted by molar-refractivity contribution is 0.249. The predicted molar refractivity (Wildman–Crippen MR) is 72.9 cm³/mol. The third-order valence-corrected chi connectivity index (χ3v) is 3.70. The van der Waals surface area contributed by atoms with Crippen LogP contribution in [0.1, 0.15) is 5.69 Å². The molecule has 1 heterocycles. The van der Waals surface area contributed by atoms with E-state index in [0.717, 1.165) is 0 Å². The molecule has 0 fully saturated rings. The summed E-state index contributed by atoms with van der Waals surface area (Å²) >= 11 is 4.74. The van der Waals surface area contributed by atoms with Crippen molar-refractivity contribution in [1.82, 2.24) is 15.0 Å². The van der Waals surface area contributed by atoms with E-state index in [4.69, 9.17) is 23.7 Å². The summed E-state index contributed by atoms with van der Waals surface area (Å²) in [5.74, 6) is 0. The molecule has 0 aromatic carbocycles. The summed E-state index contributed by atoms with van der Waals surface area (Å²) in [5, 5.41) is 2.25. The molecule has 0 saturated heterocycles.